The smallest absolute Gasteiger partial charge is 0.251 e. The summed E-state index contributed by atoms with van der Waals surface area (Å²) in [6.45, 7) is 8.70. The number of nitrogens with one attached hydrogen (secondary N) is 2. The molecule has 1 aromatic carbocycles. The van der Waals surface area contributed by atoms with Crippen LogP contribution in [0.3, 0.4) is 0 Å². The van der Waals surface area contributed by atoms with Crippen molar-refractivity contribution in [1.82, 2.24) is 10.6 Å². The van der Waals surface area contributed by atoms with Crippen LogP contribution in [0.5, 0.6) is 0 Å². The normalized spacial score (nSPS) is 22.1. The molecule has 0 aliphatic heterocycles. The Labute approximate surface area is 137 Å². The highest BCUT2D eigenvalue weighted by Crippen LogP contribution is 2.42. The Balaban J connectivity index is 1.80. The summed E-state index contributed by atoms with van der Waals surface area (Å²) in [4.78, 5) is 24.1. The van der Waals surface area contributed by atoms with Crippen LogP contribution in [0.4, 0.5) is 0 Å². The quantitative estimate of drug-likeness (QED) is 0.843. The van der Waals surface area contributed by atoms with E-state index in [1.165, 1.54) is 0 Å². The molecule has 0 bridgehead atoms. The molecule has 0 spiro atoms. The van der Waals surface area contributed by atoms with Crippen molar-refractivity contribution in [2.45, 2.75) is 46.3 Å². The van der Waals surface area contributed by atoms with Crippen LogP contribution in [-0.2, 0) is 9.53 Å². The second-order valence-electron chi connectivity index (χ2n) is 6.62. The summed E-state index contributed by atoms with van der Waals surface area (Å²) in [5.74, 6) is -0.390. The third kappa shape index (κ3) is 3.91. The maximum absolute atomic E-state index is 12.1. The van der Waals surface area contributed by atoms with Gasteiger partial charge in [0.1, 0.15) is 0 Å². The SMILES string of the molecule is CCO[C@@H]1C[C@H](NC(=O)CNC(=O)c2ccccc2C)C1(C)C. The molecule has 2 atom stereocenters. The topological polar surface area (TPSA) is 67.4 Å². The number of carbonyl (C=O) groups is 2. The monoisotopic (exact) mass is 318 g/mol. The molecule has 2 amide bonds. The van der Waals surface area contributed by atoms with Gasteiger partial charge in [-0.1, -0.05) is 32.0 Å². The molecule has 1 fully saturated rings. The van der Waals surface area contributed by atoms with Crippen LogP contribution in [0.1, 0.15) is 43.1 Å². The Hall–Kier alpha value is -1.88. The molecule has 0 unspecified atom stereocenters. The molecule has 1 aliphatic carbocycles. The molecule has 1 saturated carbocycles. The summed E-state index contributed by atoms with van der Waals surface area (Å²) in [5.41, 5.74) is 1.41. The molecule has 0 radical (unpaired) electrons. The third-order valence-corrected chi connectivity index (χ3v) is 4.68. The van der Waals surface area contributed by atoms with Crippen molar-refractivity contribution in [3.8, 4) is 0 Å². The minimum absolute atomic E-state index is 0.0148. The summed E-state index contributed by atoms with van der Waals surface area (Å²) in [7, 11) is 0. The maximum atomic E-state index is 12.1. The highest BCUT2D eigenvalue weighted by molar-refractivity contribution is 5.97. The molecular weight excluding hydrogens is 292 g/mol. The van der Waals surface area contributed by atoms with Gasteiger partial charge < -0.3 is 15.4 Å². The molecule has 0 aromatic heterocycles. The first-order valence-corrected chi connectivity index (χ1v) is 8.11. The fourth-order valence-electron chi connectivity index (χ4n) is 2.94. The van der Waals surface area contributed by atoms with Gasteiger partial charge in [0.2, 0.25) is 5.91 Å². The van der Waals surface area contributed by atoms with Crippen molar-refractivity contribution in [2.24, 2.45) is 5.41 Å². The van der Waals surface area contributed by atoms with Gasteiger partial charge in [0.15, 0.2) is 0 Å². The number of aryl methyl sites for hydroxylation is 1. The lowest BCUT2D eigenvalue weighted by molar-refractivity contribution is -0.135. The zero-order chi connectivity index (χ0) is 17.0. The zero-order valence-electron chi connectivity index (χ0n) is 14.3. The van der Waals surface area contributed by atoms with E-state index < -0.39 is 0 Å². The summed E-state index contributed by atoms with van der Waals surface area (Å²) in [6, 6.07) is 7.41. The van der Waals surface area contributed by atoms with Crippen LogP contribution in [-0.4, -0.2) is 37.1 Å². The van der Waals surface area contributed by atoms with Crippen LogP contribution in [0.25, 0.3) is 0 Å². The fraction of sp³-hybridized carbons (Fsp3) is 0.556. The third-order valence-electron chi connectivity index (χ3n) is 4.68. The van der Waals surface area contributed by atoms with E-state index in [0.717, 1.165) is 12.0 Å². The average molecular weight is 318 g/mol. The van der Waals surface area contributed by atoms with Crippen molar-refractivity contribution < 1.29 is 14.3 Å². The first kappa shape index (κ1) is 17.5. The van der Waals surface area contributed by atoms with Gasteiger partial charge in [-0.3, -0.25) is 9.59 Å². The number of benzene rings is 1. The van der Waals surface area contributed by atoms with E-state index in [1.807, 2.05) is 32.0 Å². The highest BCUT2D eigenvalue weighted by atomic mass is 16.5. The van der Waals surface area contributed by atoms with Crippen molar-refractivity contribution >= 4 is 11.8 Å². The average Bonchev–Trinajstić information content (AvgIpc) is 2.52. The lowest BCUT2D eigenvalue weighted by atomic mass is 9.64. The van der Waals surface area contributed by atoms with Gasteiger partial charge >= 0.3 is 0 Å². The van der Waals surface area contributed by atoms with Crippen LogP contribution in [0.15, 0.2) is 24.3 Å². The molecule has 0 saturated heterocycles. The van der Waals surface area contributed by atoms with Gasteiger partial charge in [0.05, 0.1) is 12.6 Å². The molecule has 2 rings (SSSR count). The second-order valence-corrected chi connectivity index (χ2v) is 6.62. The lowest BCUT2D eigenvalue weighted by Gasteiger charge is -2.51. The number of hydrogen-bond acceptors (Lipinski definition) is 3. The minimum Gasteiger partial charge on any atom is -0.378 e. The molecule has 5 heteroatoms. The molecule has 2 N–H and O–H groups in total. The summed E-state index contributed by atoms with van der Waals surface area (Å²) >= 11 is 0. The van der Waals surface area contributed by atoms with Crippen LogP contribution >= 0.6 is 0 Å². The number of amides is 2. The number of ether oxygens (including phenoxy) is 1. The molecule has 1 aromatic rings. The van der Waals surface area contributed by atoms with E-state index in [2.05, 4.69) is 24.5 Å². The fourth-order valence-corrected chi connectivity index (χ4v) is 2.94. The standard InChI is InChI=1S/C18H26N2O3/c1-5-23-15-10-14(18(15,3)4)20-16(21)11-19-17(22)13-9-7-6-8-12(13)2/h6-9,14-15H,5,10-11H2,1-4H3,(H,19,22)(H,20,21)/t14-,15+/m0/s1. The van der Waals surface area contributed by atoms with E-state index in [0.29, 0.717) is 12.2 Å². The van der Waals surface area contributed by atoms with E-state index >= 15 is 0 Å². The number of rotatable bonds is 6. The van der Waals surface area contributed by atoms with Crippen LogP contribution < -0.4 is 10.6 Å². The van der Waals surface area contributed by atoms with Gasteiger partial charge in [0.25, 0.3) is 5.91 Å². The molecule has 5 nitrogen and oxygen atoms in total. The number of hydrogen-bond donors (Lipinski definition) is 2. The van der Waals surface area contributed by atoms with Crippen molar-refractivity contribution in [3.05, 3.63) is 35.4 Å². The van der Waals surface area contributed by atoms with Crippen molar-refractivity contribution in [2.75, 3.05) is 13.2 Å². The lowest BCUT2D eigenvalue weighted by Crippen LogP contribution is -2.62. The molecule has 23 heavy (non-hydrogen) atoms. The molecule has 0 heterocycles. The predicted octanol–water partition coefficient (Wildman–Crippen LogP) is 2.04. The highest BCUT2D eigenvalue weighted by Gasteiger charge is 2.49. The minimum atomic E-state index is -0.224. The molecular formula is C18H26N2O3. The van der Waals surface area contributed by atoms with E-state index in [9.17, 15) is 9.59 Å². The first-order chi connectivity index (χ1) is 10.9. The van der Waals surface area contributed by atoms with Crippen LogP contribution in [0, 0.1) is 12.3 Å². The summed E-state index contributed by atoms with van der Waals surface area (Å²) in [5, 5.41) is 5.66. The molecule has 1 aliphatic rings. The first-order valence-electron chi connectivity index (χ1n) is 8.11. The number of carbonyl (C=O) groups excluding carboxylic acids is 2. The Morgan fingerprint density at radius 2 is 2.00 bits per heavy atom. The Bertz CT molecular complexity index is 583. The Morgan fingerprint density at radius 1 is 1.30 bits per heavy atom. The Morgan fingerprint density at radius 3 is 2.61 bits per heavy atom. The van der Waals surface area contributed by atoms with Gasteiger partial charge in [0, 0.05) is 23.6 Å². The van der Waals surface area contributed by atoms with Gasteiger partial charge in [-0.15, -0.1) is 0 Å². The van der Waals surface area contributed by atoms with Gasteiger partial charge in [-0.05, 0) is 31.9 Å². The van der Waals surface area contributed by atoms with Crippen LogP contribution in [0.2, 0.25) is 0 Å². The maximum Gasteiger partial charge on any atom is 0.251 e. The van der Waals surface area contributed by atoms with Crippen molar-refractivity contribution in [3.63, 3.8) is 0 Å². The van der Waals surface area contributed by atoms with Gasteiger partial charge in [-0.25, -0.2) is 0 Å². The van der Waals surface area contributed by atoms with E-state index in [1.54, 1.807) is 6.07 Å². The second kappa shape index (κ2) is 7.13. The Kier molecular flexibility index (Phi) is 5.42. The zero-order valence-corrected chi connectivity index (χ0v) is 14.3. The van der Waals surface area contributed by atoms with E-state index in [4.69, 9.17) is 4.74 Å². The van der Waals surface area contributed by atoms with E-state index in [-0.39, 0.29) is 35.9 Å². The molecule has 126 valence electrons. The largest absolute Gasteiger partial charge is 0.378 e. The predicted molar refractivity (Wildman–Crippen MR) is 89.3 cm³/mol. The summed E-state index contributed by atoms with van der Waals surface area (Å²) < 4.78 is 5.65. The summed E-state index contributed by atoms with van der Waals surface area (Å²) in [6.07, 6.45) is 0.998. The van der Waals surface area contributed by atoms with Crippen molar-refractivity contribution in [1.29, 1.82) is 0 Å². The van der Waals surface area contributed by atoms with Gasteiger partial charge in [-0.2, -0.15) is 0 Å².